The van der Waals surface area contributed by atoms with E-state index >= 15 is 0 Å². The molecule has 6 heteroatoms. The van der Waals surface area contributed by atoms with Crippen LogP contribution in [0.3, 0.4) is 0 Å². The topological polar surface area (TPSA) is 66.2 Å². The highest BCUT2D eigenvalue weighted by molar-refractivity contribution is 5.44. The predicted molar refractivity (Wildman–Crippen MR) is 132 cm³/mol. The zero-order valence-electron chi connectivity index (χ0n) is 20.3. The van der Waals surface area contributed by atoms with E-state index in [0.717, 1.165) is 41.7 Å². The first-order valence-electron chi connectivity index (χ1n) is 10.5. The molecule has 2 rings (SSSR count). The maximum Gasteiger partial charge on any atom is 0.161 e. The van der Waals surface area contributed by atoms with E-state index in [2.05, 4.69) is 31.0 Å². The van der Waals surface area contributed by atoms with Crippen molar-refractivity contribution >= 4 is 0 Å². The lowest BCUT2D eigenvalue weighted by Crippen LogP contribution is -2.27. The average Bonchev–Trinajstić information content (AvgIpc) is 2.82. The minimum Gasteiger partial charge on any atom is -0.493 e. The molecule has 0 fully saturated rings. The summed E-state index contributed by atoms with van der Waals surface area (Å²) in [7, 11) is 6.52. The first-order valence-corrected chi connectivity index (χ1v) is 10.5. The third-order valence-corrected chi connectivity index (χ3v) is 5.10. The Balaban J connectivity index is 0.000000343. The van der Waals surface area contributed by atoms with Crippen molar-refractivity contribution in [2.24, 2.45) is 5.73 Å². The normalized spacial score (nSPS) is 12.1. The smallest absolute Gasteiger partial charge is 0.161 e. The lowest BCUT2D eigenvalue weighted by Gasteiger charge is -2.27. The van der Waals surface area contributed by atoms with Crippen LogP contribution in [0.2, 0.25) is 0 Å². The van der Waals surface area contributed by atoms with Gasteiger partial charge in [-0.25, -0.2) is 0 Å². The number of benzene rings is 2. The largest absolute Gasteiger partial charge is 0.493 e. The van der Waals surface area contributed by atoms with Crippen molar-refractivity contribution in [3.8, 4) is 23.0 Å². The van der Waals surface area contributed by atoms with Gasteiger partial charge in [0.05, 0.1) is 28.4 Å². The molecular weight excluding hydrogens is 404 g/mol. The predicted octanol–water partition coefficient (Wildman–Crippen LogP) is 5.16. The average molecular weight is 443 g/mol. The summed E-state index contributed by atoms with van der Waals surface area (Å²) in [6, 6.07) is 12.0. The third-order valence-electron chi connectivity index (χ3n) is 5.10. The Morgan fingerprint density at radius 3 is 1.53 bits per heavy atom. The Labute approximate surface area is 193 Å². The number of nitrogens with two attached hydrogens (primary N) is 1. The molecule has 0 aromatic heterocycles. The maximum atomic E-state index is 5.73. The van der Waals surface area contributed by atoms with Crippen molar-refractivity contribution in [1.82, 2.24) is 4.90 Å². The van der Waals surface area contributed by atoms with Crippen molar-refractivity contribution in [2.45, 2.75) is 25.9 Å². The van der Waals surface area contributed by atoms with E-state index in [4.69, 9.17) is 24.7 Å². The minimum absolute atomic E-state index is 0.0137. The van der Waals surface area contributed by atoms with E-state index in [-0.39, 0.29) is 12.1 Å². The van der Waals surface area contributed by atoms with E-state index in [0.29, 0.717) is 0 Å². The van der Waals surface area contributed by atoms with Crippen molar-refractivity contribution in [3.63, 3.8) is 0 Å². The molecule has 0 radical (unpaired) electrons. The molecule has 2 aromatic rings. The fourth-order valence-electron chi connectivity index (χ4n) is 3.18. The molecule has 0 heterocycles. The third kappa shape index (κ3) is 7.62. The molecule has 0 aliphatic rings. The first-order chi connectivity index (χ1) is 15.4. The minimum atomic E-state index is 0.0137. The standard InChI is InChI=1S/C16H23NO2.C10H15NO2/c1-6-10-17(11-7-2)13(3)14-8-9-15(18-4)16(12-14)19-5;1-7(11)8-4-5-9(12-2)10(6-8)13-3/h6-9,12-13H,1-2,10-11H2,3-5H3;4-7H,11H2,1-3H3/t13-;7-/m00/s1. The summed E-state index contributed by atoms with van der Waals surface area (Å²) in [4.78, 5) is 2.28. The fourth-order valence-corrected chi connectivity index (χ4v) is 3.18. The molecule has 0 saturated heterocycles. The fraction of sp³-hybridized carbons (Fsp3) is 0.385. The summed E-state index contributed by atoms with van der Waals surface area (Å²) < 4.78 is 20.8. The Morgan fingerprint density at radius 2 is 1.16 bits per heavy atom. The number of hydrogen-bond donors (Lipinski definition) is 1. The van der Waals surface area contributed by atoms with Crippen molar-refractivity contribution < 1.29 is 18.9 Å². The van der Waals surface area contributed by atoms with Gasteiger partial charge in [0.15, 0.2) is 23.0 Å². The monoisotopic (exact) mass is 442 g/mol. The molecule has 32 heavy (non-hydrogen) atoms. The quantitative estimate of drug-likeness (QED) is 0.485. The van der Waals surface area contributed by atoms with Crippen LogP contribution >= 0.6 is 0 Å². The Kier molecular flexibility index (Phi) is 12.0. The van der Waals surface area contributed by atoms with Crippen molar-refractivity contribution in [3.05, 3.63) is 72.8 Å². The van der Waals surface area contributed by atoms with Crippen LogP contribution in [0.25, 0.3) is 0 Å². The summed E-state index contributed by atoms with van der Waals surface area (Å²) in [6.45, 7) is 13.3. The molecular formula is C26H38N2O4. The second-order valence-electron chi connectivity index (χ2n) is 7.22. The number of rotatable bonds is 11. The SMILES string of the molecule is C=CCN(CC=C)[C@@H](C)c1ccc(OC)c(OC)c1.COc1ccc([C@H](C)N)cc1OC. The highest BCUT2D eigenvalue weighted by Gasteiger charge is 2.15. The molecule has 2 aromatic carbocycles. The van der Waals surface area contributed by atoms with Gasteiger partial charge in [-0.15, -0.1) is 13.2 Å². The van der Waals surface area contributed by atoms with Crippen molar-refractivity contribution in [2.75, 3.05) is 41.5 Å². The van der Waals surface area contributed by atoms with Gasteiger partial charge in [0.25, 0.3) is 0 Å². The molecule has 2 N–H and O–H groups in total. The maximum absolute atomic E-state index is 5.73. The summed E-state index contributed by atoms with van der Waals surface area (Å²) in [6.07, 6.45) is 3.81. The molecule has 0 unspecified atom stereocenters. The van der Waals surface area contributed by atoms with E-state index in [1.165, 1.54) is 5.56 Å². The second-order valence-corrected chi connectivity index (χ2v) is 7.22. The van der Waals surface area contributed by atoms with Crippen LogP contribution < -0.4 is 24.7 Å². The van der Waals surface area contributed by atoms with Crippen LogP contribution in [0.1, 0.15) is 37.1 Å². The molecule has 2 atom stereocenters. The molecule has 6 nitrogen and oxygen atoms in total. The zero-order chi connectivity index (χ0) is 24.1. The molecule has 0 amide bonds. The van der Waals surface area contributed by atoms with Crippen LogP contribution in [0.4, 0.5) is 0 Å². The van der Waals surface area contributed by atoms with E-state index in [1.807, 2.05) is 49.4 Å². The number of hydrogen-bond acceptors (Lipinski definition) is 6. The van der Waals surface area contributed by atoms with Crippen LogP contribution in [0.15, 0.2) is 61.7 Å². The molecule has 0 saturated carbocycles. The van der Waals surface area contributed by atoms with E-state index in [9.17, 15) is 0 Å². The Morgan fingerprint density at radius 1 is 0.750 bits per heavy atom. The Bertz CT molecular complexity index is 842. The first kappa shape index (κ1) is 27.1. The lowest BCUT2D eigenvalue weighted by atomic mass is 10.1. The summed E-state index contributed by atoms with van der Waals surface area (Å²) in [5.74, 6) is 2.95. The highest BCUT2D eigenvalue weighted by atomic mass is 16.5. The van der Waals surface area contributed by atoms with Gasteiger partial charge in [-0.3, -0.25) is 4.90 Å². The number of nitrogens with zero attached hydrogens (tertiary/aromatic N) is 1. The molecule has 0 aliphatic carbocycles. The molecule has 0 bridgehead atoms. The van der Waals surface area contributed by atoms with Gasteiger partial charge < -0.3 is 24.7 Å². The van der Waals surface area contributed by atoms with Gasteiger partial charge in [-0.05, 0) is 49.2 Å². The second kappa shape index (κ2) is 14.2. The van der Waals surface area contributed by atoms with Crippen molar-refractivity contribution in [1.29, 1.82) is 0 Å². The Hall–Kier alpha value is -2.96. The van der Waals surface area contributed by atoms with Gasteiger partial charge in [-0.2, -0.15) is 0 Å². The zero-order valence-corrected chi connectivity index (χ0v) is 20.3. The molecule has 0 aliphatic heterocycles. The van der Waals surface area contributed by atoms with E-state index in [1.54, 1.807) is 28.4 Å². The van der Waals surface area contributed by atoms with Gasteiger partial charge >= 0.3 is 0 Å². The molecule has 0 spiro atoms. The molecule has 176 valence electrons. The van der Waals surface area contributed by atoms with Crippen LogP contribution in [-0.4, -0.2) is 46.4 Å². The number of methoxy groups -OCH3 is 4. The van der Waals surface area contributed by atoms with Gasteiger partial charge in [0.1, 0.15) is 0 Å². The number of ether oxygens (including phenoxy) is 4. The highest BCUT2D eigenvalue weighted by Crippen LogP contribution is 2.32. The summed E-state index contributed by atoms with van der Waals surface area (Å²) in [5, 5.41) is 0. The van der Waals surface area contributed by atoms with Gasteiger partial charge in [0.2, 0.25) is 0 Å². The van der Waals surface area contributed by atoms with Gasteiger partial charge in [-0.1, -0.05) is 24.3 Å². The van der Waals surface area contributed by atoms with Crippen LogP contribution in [-0.2, 0) is 0 Å². The van der Waals surface area contributed by atoms with Gasteiger partial charge in [0, 0.05) is 25.2 Å². The summed E-state index contributed by atoms with van der Waals surface area (Å²) in [5.41, 5.74) is 7.95. The summed E-state index contributed by atoms with van der Waals surface area (Å²) >= 11 is 0. The van der Waals surface area contributed by atoms with E-state index < -0.39 is 0 Å². The van der Waals surface area contributed by atoms with Crippen LogP contribution in [0.5, 0.6) is 23.0 Å². The lowest BCUT2D eigenvalue weighted by molar-refractivity contribution is 0.259. The van der Waals surface area contributed by atoms with Crippen LogP contribution in [0, 0.1) is 0 Å².